The van der Waals surface area contributed by atoms with Gasteiger partial charge in [0, 0.05) is 6.20 Å². The summed E-state index contributed by atoms with van der Waals surface area (Å²) in [6, 6.07) is 3.26. The highest BCUT2D eigenvalue weighted by molar-refractivity contribution is 6.00. The van der Waals surface area contributed by atoms with Crippen LogP contribution in [0.1, 0.15) is 16.1 Å². The highest BCUT2D eigenvalue weighted by Gasteiger charge is 2.14. The number of nitrogens with zero attached hydrogens (tertiary/aromatic N) is 2. The van der Waals surface area contributed by atoms with Crippen LogP contribution in [-0.2, 0) is 0 Å². The molecule has 0 radical (unpaired) electrons. The van der Waals surface area contributed by atoms with Crippen molar-refractivity contribution in [1.29, 1.82) is 0 Å². The molecular weight excluding hydrogens is 234 g/mol. The molecule has 2 N–H and O–H groups in total. The van der Waals surface area contributed by atoms with E-state index in [0.717, 1.165) is 11.3 Å². The molecule has 0 amide bonds. The van der Waals surface area contributed by atoms with Gasteiger partial charge >= 0.3 is 5.97 Å². The molecule has 0 atom stereocenters. The molecule has 3 rings (SSSR count). The molecular formula is C12H9N3O3. The Hall–Kier alpha value is -2.63. The standard InChI is InChI=1S/C12H9N3O3/c1-6-4-7(5-18-6)10-14-9-8(12(16)17)2-3-13-11(9)15-10/h2-5H,1H3,(H,16,17)(H,13,14,15). The minimum atomic E-state index is -1.01. The van der Waals surface area contributed by atoms with E-state index in [4.69, 9.17) is 9.52 Å². The number of rotatable bonds is 2. The van der Waals surface area contributed by atoms with E-state index in [1.54, 1.807) is 6.26 Å². The first-order valence-corrected chi connectivity index (χ1v) is 5.28. The van der Waals surface area contributed by atoms with Gasteiger partial charge in [0.25, 0.3) is 0 Å². The van der Waals surface area contributed by atoms with Crippen LogP contribution in [0.25, 0.3) is 22.6 Å². The fourth-order valence-electron chi connectivity index (χ4n) is 1.79. The number of hydrogen-bond acceptors (Lipinski definition) is 4. The number of carboxylic acids is 1. The summed E-state index contributed by atoms with van der Waals surface area (Å²) >= 11 is 0. The second kappa shape index (κ2) is 3.69. The predicted molar refractivity (Wildman–Crippen MR) is 63.3 cm³/mol. The van der Waals surface area contributed by atoms with Crippen molar-refractivity contribution in [3.63, 3.8) is 0 Å². The van der Waals surface area contributed by atoms with Crippen LogP contribution < -0.4 is 0 Å². The summed E-state index contributed by atoms with van der Waals surface area (Å²) in [7, 11) is 0. The average molecular weight is 243 g/mol. The van der Waals surface area contributed by atoms with Crippen molar-refractivity contribution in [3.8, 4) is 11.4 Å². The SMILES string of the molecule is Cc1cc(-c2nc3nccc(C(=O)O)c3[nH]2)co1. The summed E-state index contributed by atoms with van der Waals surface area (Å²) in [5.41, 5.74) is 1.71. The topological polar surface area (TPSA) is 92.0 Å². The normalized spacial score (nSPS) is 10.9. The molecule has 6 heteroatoms. The van der Waals surface area contributed by atoms with Crippen LogP contribution in [0, 0.1) is 6.92 Å². The molecule has 3 heterocycles. The number of aromatic amines is 1. The molecule has 0 fully saturated rings. The van der Waals surface area contributed by atoms with Gasteiger partial charge < -0.3 is 14.5 Å². The van der Waals surface area contributed by atoms with E-state index < -0.39 is 5.97 Å². The second-order valence-electron chi connectivity index (χ2n) is 3.89. The molecule has 0 saturated carbocycles. The second-order valence-corrected chi connectivity index (χ2v) is 3.89. The lowest BCUT2D eigenvalue weighted by Gasteiger charge is -1.93. The summed E-state index contributed by atoms with van der Waals surface area (Å²) in [5, 5.41) is 9.07. The van der Waals surface area contributed by atoms with Crippen molar-refractivity contribution in [2.24, 2.45) is 0 Å². The maximum Gasteiger partial charge on any atom is 0.338 e. The van der Waals surface area contributed by atoms with Crippen molar-refractivity contribution in [1.82, 2.24) is 15.0 Å². The summed E-state index contributed by atoms with van der Waals surface area (Å²) in [4.78, 5) is 22.3. The lowest BCUT2D eigenvalue weighted by molar-refractivity contribution is 0.0698. The van der Waals surface area contributed by atoms with Crippen molar-refractivity contribution < 1.29 is 14.3 Å². The quantitative estimate of drug-likeness (QED) is 0.720. The highest BCUT2D eigenvalue weighted by Crippen LogP contribution is 2.23. The third-order valence-corrected chi connectivity index (χ3v) is 2.63. The maximum absolute atomic E-state index is 11.1. The number of aromatic carboxylic acids is 1. The number of carboxylic acid groups (broad SMARTS) is 1. The van der Waals surface area contributed by atoms with Gasteiger partial charge in [-0.05, 0) is 19.1 Å². The Morgan fingerprint density at radius 2 is 2.33 bits per heavy atom. The van der Waals surface area contributed by atoms with Gasteiger partial charge in [0.2, 0.25) is 0 Å². The van der Waals surface area contributed by atoms with Crippen molar-refractivity contribution in [2.75, 3.05) is 0 Å². The zero-order chi connectivity index (χ0) is 12.7. The van der Waals surface area contributed by atoms with Crippen molar-refractivity contribution >= 4 is 17.1 Å². The van der Waals surface area contributed by atoms with Gasteiger partial charge in [0.15, 0.2) is 5.65 Å². The molecule has 0 aliphatic carbocycles. The highest BCUT2D eigenvalue weighted by atomic mass is 16.4. The summed E-state index contributed by atoms with van der Waals surface area (Å²) in [6.07, 6.45) is 2.99. The van der Waals surface area contributed by atoms with E-state index in [9.17, 15) is 4.79 Å². The van der Waals surface area contributed by atoms with Gasteiger partial charge in [-0.25, -0.2) is 14.8 Å². The van der Waals surface area contributed by atoms with E-state index in [-0.39, 0.29) is 5.56 Å². The van der Waals surface area contributed by atoms with E-state index in [0.29, 0.717) is 17.0 Å². The number of aryl methyl sites for hydroxylation is 1. The smallest absolute Gasteiger partial charge is 0.338 e. The van der Waals surface area contributed by atoms with Gasteiger partial charge in [-0.1, -0.05) is 0 Å². The number of nitrogens with one attached hydrogen (secondary N) is 1. The van der Waals surface area contributed by atoms with Crippen LogP contribution in [0.5, 0.6) is 0 Å². The van der Waals surface area contributed by atoms with Gasteiger partial charge in [-0.2, -0.15) is 0 Å². The number of carbonyl (C=O) groups is 1. The third-order valence-electron chi connectivity index (χ3n) is 2.63. The van der Waals surface area contributed by atoms with Gasteiger partial charge in [-0.3, -0.25) is 0 Å². The number of imidazole rings is 1. The van der Waals surface area contributed by atoms with Gasteiger partial charge in [0.05, 0.1) is 16.6 Å². The summed E-state index contributed by atoms with van der Waals surface area (Å²) in [5.74, 6) is 0.292. The zero-order valence-electron chi connectivity index (χ0n) is 9.47. The molecule has 0 aliphatic heterocycles. The van der Waals surface area contributed by atoms with E-state index >= 15 is 0 Å². The Labute approximate surface area is 101 Å². The minimum Gasteiger partial charge on any atom is -0.478 e. The minimum absolute atomic E-state index is 0.152. The zero-order valence-corrected chi connectivity index (χ0v) is 9.47. The van der Waals surface area contributed by atoms with Crippen molar-refractivity contribution in [2.45, 2.75) is 6.92 Å². The molecule has 3 aromatic heterocycles. The van der Waals surface area contributed by atoms with Gasteiger partial charge in [-0.15, -0.1) is 0 Å². The van der Waals surface area contributed by atoms with Crippen LogP contribution in [-0.4, -0.2) is 26.0 Å². The third kappa shape index (κ3) is 1.55. The molecule has 0 saturated heterocycles. The van der Waals surface area contributed by atoms with E-state index in [1.807, 2.05) is 13.0 Å². The number of hydrogen-bond donors (Lipinski definition) is 2. The Bertz CT molecular complexity index is 742. The number of furan rings is 1. The van der Waals surface area contributed by atoms with Gasteiger partial charge in [0.1, 0.15) is 17.8 Å². The molecule has 90 valence electrons. The first-order chi connectivity index (χ1) is 8.65. The molecule has 0 unspecified atom stereocenters. The average Bonchev–Trinajstić information content (AvgIpc) is 2.93. The van der Waals surface area contributed by atoms with Crippen LogP contribution >= 0.6 is 0 Å². The largest absolute Gasteiger partial charge is 0.478 e. The predicted octanol–water partition coefficient (Wildman–Crippen LogP) is 2.22. The lowest BCUT2D eigenvalue weighted by atomic mass is 10.2. The molecule has 0 aliphatic rings. The van der Waals surface area contributed by atoms with Crippen molar-refractivity contribution in [3.05, 3.63) is 35.9 Å². The number of H-pyrrole nitrogens is 1. The van der Waals surface area contributed by atoms with Crippen LogP contribution in [0.2, 0.25) is 0 Å². The van der Waals surface area contributed by atoms with E-state index in [1.165, 1.54) is 12.3 Å². The monoisotopic (exact) mass is 243 g/mol. The number of aromatic nitrogens is 3. The molecule has 6 nitrogen and oxygen atoms in total. The first kappa shape index (κ1) is 10.5. The Morgan fingerprint density at radius 3 is 3.00 bits per heavy atom. The Balaban J connectivity index is 2.22. The lowest BCUT2D eigenvalue weighted by Crippen LogP contribution is -1.97. The molecule has 18 heavy (non-hydrogen) atoms. The molecule has 0 bridgehead atoms. The molecule has 3 aromatic rings. The number of pyridine rings is 1. The Morgan fingerprint density at radius 1 is 1.50 bits per heavy atom. The summed E-state index contributed by atoms with van der Waals surface area (Å²) in [6.45, 7) is 1.83. The Kier molecular flexibility index (Phi) is 2.16. The molecule has 0 aromatic carbocycles. The van der Waals surface area contributed by atoms with E-state index in [2.05, 4.69) is 15.0 Å². The summed E-state index contributed by atoms with van der Waals surface area (Å²) < 4.78 is 5.20. The number of fused-ring (bicyclic) bond motifs is 1. The molecule has 0 spiro atoms. The fraction of sp³-hybridized carbons (Fsp3) is 0.0833. The van der Waals surface area contributed by atoms with Crippen LogP contribution in [0.15, 0.2) is 29.0 Å². The fourth-order valence-corrected chi connectivity index (χ4v) is 1.79. The first-order valence-electron chi connectivity index (χ1n) is 5.28. The van der Waals surface area contributed by atoms with Crippen LogP contribution in [0.3, 0.4) is 0 Å². The van der Waals surface area contributed by atoms with Crippen LogP contribution in [0.4, 0.5) is 0 Å². The maximum atomic E-state index is 11.1.